The van der Waals surface area contributed by atoms with Crippen molar-refractivity contribution in [2.45, 2.75) is 0 Å². The van der Waals surface area contributed by atoms with Gasteiger partial charge in [0.05, 0.1) is 6.85 Å². The van der Waals surface area contributed by atoms with E-state index >= 15 is 0 Å². The predicted molar refractivity (Wildman–Crippen MR) is 206 cm³/mol. The molecule has 10 aromatic rings. The zero-order chi connectivity index (χ0) is 35.2. The predicted octanol–water partition coefficient (Wildman–Crippen LogP) is 13.7. The van der Waals surface area contributed by atoms with Crippen molar-refractivity contribution in [3.8, 4) is 33.4 Å². The molecule has 10 rings (SSSR count). The molecule has 0 saturated heterocycles. The van der Waals surface area contributed by atoms with Gasteiger partial charge in [-0.05, 0) is 82.5 Å². The van der Waals surface area contributed by atoms with Crippen LogP contribution in [0.5, 0.6) is 0 Å². The molecule has 0 unspecified atom stereocenters. The summed E-state index contributed by atoms with van der Waals surface area (Å²) < 4.78 is 44.8. The van der Waals surface area contributed by atoms with Crippen molar-refractivity contribution in [3.63, 3.8) is 0 Å². The SMILES string of the molecule is [2H]c1c([2H])c([2H])c(-c2ccc(-c3c4ccccc4c(-c4cccc5c4ccc4ccccc45)c4ccccc34)c3c2sc2ccccc23)c([2H])c1[2H]. The highest BCUT2D eigenvalue weighted by Crippen LogP contribution is 2.50. The van der Waals surface area contributed by atoms with Crippen molar-refractivity contribution >= 4 is 74.6 Å². The van der Waals surface area contributed by atoms with E-state index in [0.29, 0.717) is 5.56 Å². The lowest BCUT2D eigenvalue weighted by Gasteiger charge is -2.20. The van der Waals surface area contributed by atoms with E-state index in [1.807, 2.05) is 18.2 Å². The smallest absolute Gasteiger partial charge is 0.0629 e. The third-order valence-electron chi connectivity index (χ3n) is 9.55. The summed E-state index contributed by atoms with van der Waals surface area (Å²) in [5.74, 6) is 0. The number of thiophene rings is 1. The molecule has 0 N–H and O–H groups in total. The van der Waals surface area contributed by atoms with Crippen molar-refractivity contribution in [2.24, 2.45) is 0 Å². The molecule has 0 aliphatic carbocycles. The van der Waals surface area contributed by atoms with Gasteiger partial charge in [0.15, 0.2) is 0 Å². The third kappa shape index (κ3) is 3.94. The molecule has 1 heteroatoms. The summed E-state index contributed by atoms with van der Waals surface area (Å²) in [6.07, 6.45) is 0. The Bertz CT molecular complexity index is 3050. The highest BCUT2D eigenvalue weighted by Gasteiger charge is 2.22. The van der Waals surface area contributed by atoms with E-state index < -0.39 is 0 Å². The third-order valence-corrected chi connectivity index (χ3v) is 10.8. The summed E-state index contributed by atoms with van der Waals surface area (Å²) in [6.45, 7) is 0. The Morgan fingerprint density at radius 1 is 0.383 bits per heavy atom. The van der Waals surface area contributed by atoms with Gasteiger partial charge in [0.2, 0.25) is 0 Å². The van der Waals surface area contributed by atoms with E-state index in [9.17, 15) is 0 Å². The quantitative estimate of drug-likeness (QED) is 0.137. The van der Waals surface area contributed by atoms with E-state index in [2.05, 4.69) is 121 Å². The Kier molecular flexibility index (Phi) is 4.84. The van der Waals surface area contributed by atoms with Gasteiger partial charge in [-0.2, -0.15) is 0 Å². The first kappa shape index (κ1) is 21.9. The highest BCUT2D eigenvalue weighted by atomic mass is 32.1. The lowest BCUT2D eigenvalue weighted by atomic mass is 9.83. The maximum absolute atomic E-state index is 8.86. The lowest BCUT2D eigenvalue weighted by molar-refractivity contribution is 1.66. The molecule has 9 aromatic carbocycles. The van der Waals surface area contributed by atoms with Crippen LogP contribution in [0.3, 0.4) is 0 Å². The summed E-state index contributed by atoms with van der Waals surface area (Å²) in [7, 11) is 0. The average Bonchev–Trinajstić information content (AvgIpc) is 3.59. The van der Waals surface area contributed by atoms with Crippen LogP contribution in [-0.4, -0.2) is 0 Å². The van der Waals surface area contributed by atoms with Crippen molar-refractivity contribution < 1.29 is 6.85 Å². The average molecular weight is 618 g/mol. The fraction of sp³-hybridized carbons (Fsp3) is 0. The van der Waals surface area contributed by atoms with Crippen LogP contribution in [-0.2, 0) is 0 Å². The van der Waals surface area contributed by atoms with Crippen molar-refractivity contribution in [3.05, 3.63) is 170 Å². The zero-order valence-electron chi connectivity index (χ0n) is 30.2. The maximum Gasteiger partial charge on any atom is 0.0629 e. The Hall–Kier alpha value is -5.76. The van der Waals surface area contributed by atoms with E-state index in [4.69, 9.17) is 6.85 Å². The normalized spacial score (nSPS) is 13.3. The van der Waals surface area contributed by atoms with Crippen molar-refractivity contribution in [1.82, 2.24) is 0 Å². The molecule has 47 heavy (non-hydrogen) atoms. The van der Waals surface area contributed by atoms with Gasteiger partial charge in [-0.15, -0.1) is 11.3 Å². The van der Waals surface area contributed by atoms with Crippen LogP contribution in [0.1, 0.15) is 6.85 Å². The van der Waals surface area contributed by atoms with Crippen LogP contribution in [0.25, 0.3) is 96.6 Å². The fourth-order valence-corrected chi connectivity index (χ4v) is 8.83. The molecule has 218 valence electrons. The summed E-state index contributed by atoms with van der Waals surface area (Å²) in [6, 6.07) is 47.9. The Morgan fingerprint density at radius 3 is 1.68 bits per heavy atom. The molecule has 0 fully saturated rings. The molecule has 0 aliphatic heterocycles. The largest absolute Gasteiger partial charge is 0.135 e. The standard InChI is InChI=1S/C46H28S/c1-2-13-29(14-3-1)32-27-28-41(45-40-21-10-11-24-42(40)47-46(32)45)44-38-19-8-6-17-36(38)43(37-18-7-9-20-39(37)44)35-23-12-22-33-31-16-5-4-15-30(31)25-26-34(33)35/h1-28H/i1D,2D,3D,13D,14D. The second kappa shape index (κ2) is 10.4. The fourth-order valence-electron chi connectivity index (χ4n) is 7.59. The molecule has 1 heterocycles. The molecule has 0 saturated carbocycles. The van der Waals surface area contributed by atoms with Gasteiger partial charge in [0.25, 0.3) is 0 Å². The van der Waals surface area contributed by atoms with Crippen LogP contribution in [0.15, 0.2) is 170 Å². The second-order valence-corrected chi connectivity index (χ2v) is 13.0. The molecule has 0 radical (unpaired) electrons. The van der Waals surface area contributed by atoms with Crippen LogP contribution in [0, 0.1) is 0 Å². The van der Waals surface area contributed by atoms with Crippen LogP contribution >= 0.6 is 11.3 Å². The van der Waals surface area contributed by atoms with Crippen molar-refractivity contribution in [1.29, 1.82) is 0 Å². The highest BCUT2D eigenvalue weighted by molar-refractivity contribution is 7.26. The first-order chi connectivity index (χ1) is 25.4. The molecule has 0 bridgehead atoms. The first-order valence-electron chi connectivity index (χ1n) is 18.3. The minimum Gasteiger partial charge on any atom is -0.135 e. The summed E-state index contributed by atoms with van der Waals surface area (Å²) >= 11 is 1.60. The molecule has 0 amide bonds. The number of fused-ring (bicyclic) bond motifs is 8. The van der Waals surface area contributed by atoms with Crippen LogP contribution in [0.4, 0.5) is 0 Å². The summed E-state index contributed by atoms with van der Waals surface area (Å²) in [4.78, 5) is 0. The lowest BCUT2D eigenvalue weighted by Crippen LogP contribution is -1.92. The van der Waals surface area contributed by atoms with Gasteiger partial charge in [0.1, 0.15) is 0 Å². The van der Waals surface area contributed by atoms with Crippen molar-refractivity contribution in [2.75, 3.05) is 0 Å². The molecular formula is C46H28S. The number of hydrogen-bond donors (Lipinski definition) is 0. The Morgan fingerprint density at radius 2 is 0.957 bits per heavy atom. The van der Waals surface area contributed by atoms with E-state index in [-0.39, 0.29) is 35.8 Å². The van der Waals surface area contributed by atoms with E-state index in [1.54, 1.807) is 11.3 Å². The molecule has 1 aromatic heterocycles. The second-order valence-electron chi connectivity index (χ2n) is 12.0. The molecule has 0 nitrogen and oxygen atoms in total. The molecular weight excluding hydrogens is 585 g/mol. The number of benzene rings is 9. The minimum absolute atomic E-state index is 0.194. The van der Waals surface area contributed by atoms with Gasteiger partial charge in [0, 0.05) is 20.2 Å². The monoisotopic (exact) mass is 617 g/mol. The Labute approximate surface area is 283 Å². The summed E-state index contributed by atoms with van der Waals surface area (Å²) in [5.41, 5.74) is 5.41. The Balaban J connectivity index is 1.34. The topological polar surface area (TPSA) is 0 Å². The van der Waals surface area contributed by atoms with Gasteiger partial charge in [-0.1, -0.05) is 164 Å². The maximum atomic E-state index is 8.86. The van der Waals surface area contributed by atoms with Gasteiger partial charge in [-0.25, -0.2) is 0 Å². The van der Waals surface area contributed by atoms with Gasteiger partial charge < -0.3 is 0 Å². The molecule has 0 spiro atoms. The molecule has 0 atom stereocenters. The first-order valence-corrected chi connectivity index (χ1v) is 16.6. The zero-order valence-corrected chi connectivity index (χ0v) is 26.0. The van der Waals surface area contributed by atoms with Crippen LogP contribution in [0.2, 0.25) is 0 Å². The van der Waals surface area contributed by atoms with Crippen LogP contribution < -0.4 is 0 Å². The number of hydrogen-bond acceptors (Lipinski definition) is 1. The van der Waals surface area contributed by atoms with Gasteiger partial charge >= 0.3 is 0 Å². The van der Waals surface area contributed by atoms with E-state index in [1.165, 1.54) is 32.7 Å². The summed E-state index contributed by atoms with van der Waals surface area (Å²) in [5, 5.41) is 11.5. The van der Waals surface area contributed by atoms with Gasteiger partial charge in [-0.3, -0.25) is 0 Å². The minimum atomic E-state index is -0.389. The number of rotatable bonds is 3. The van der Waals surface area contributed by atoms with E-state index in [0.717, 1.165) is 52.8 Å². The molecule has 0 aliphatic rings.